The second-order valence-electron chi connectivity index (χ2n) is 4.03. The van der Waals surface area contributed by atoms with Gasteiger partial charge in [0.05, 0.1) is 10.6 Å². The summed E-state index contributed by atoms with van der Waals surface area (Å²) in [6.07, 6.45) is 0. The third-order valence-electron chi connectivity index (χ3n) is 2.89. The zero-order chi connectivity index (χ0) is 11.8. The Morgan fingerprint density at radius 3 is 2.76 bits per heavy atom. The van der Waals surface area contributed by atoms with Gasteiger partial charge in [0.15, 0.2) is 0 Å². The summed E-state index contributed by atoms with van der Waals surface area (Å²) in [6, 6.07) is 11.9. The maximum Gasteiger partial charge on any atom is 0.256 e. The topological polar surface area (TPSA) is 32.9 Å². The monoisotopic (exact) mass is 241 g/mol. The summed E-state index contributed by atoms with van der Waals surface area (Å²) in [5.41, 5.74) is 2.01. The van der Waals surface area contributed by atoms with Crippen molar-refractivity contribution >= 4 is 22.1 Å². The highest BCUT2D eigenvalue weighted by molar-refractivity contribution is 7.13. The Labute approximate surface area is 103 Å². The van der Waals surface area contributed by atoms with E-state index in [2.05, 4.69) is 11.1 Å². The molecule has 0 aliphatic carbocycles. The van der Waals surface area contributed by atoms with Gasteiger partial charge in [-0.3, -0.25) is 4.79 Å². The molecule has 0 aliphatic rings. The number of fused-ring (bicyclic) bond motifs is 1. The lowest BCUT2D eigenvalue weighted by molar-refractivity contribution is 1.28. The van der Waals surface area contributed by atoms with Crippen molar-refractivity contribution in [2.45, 2.75) is 6.92 Å². The smallest absolute Gasteiger partial charge is 0.256 e. The fraction of sp³-hybridized carbons (Fsp3) is 0.0714. The molecule has 3 heteroatoms. The van der Waals surface area contributed by atoms with E-state index in [0.717, 1.165) is 26.9 Å². The van der Waals surface area contributed by atoms with Crippen molar-refractivity contribution in [2.75, 3.05) is 0 Å². The Kier molecular flexibility index (Phi) is 2.34. The maximum absolute atomic E-state index is 12.0. The lowest BCUT2D eigenvalue weighted by atomic mass is 10.1. The zero-order valence-electron chi connectivity index (χ0n) is 9.36. The molecule has 3 aromatic rings. The SMILES string of the molecule is Cc1cccc2c(=O)[nH]c(-c3cccs3)cc12. The van der Waals surface area contributed by atoms with Gasteiger partial charge in [-0.15, -0.1) is 11.3 Å². The van der Waals surface area contributed by atoms with E-state index in [0.29, 0.717) is 0 Å². The number of aromatic amines is 1. The van der Waals surface area contributed by atoms with Crippen molar-refractivity contribution in [2.24, 2.45) is 0 Å². The molecule has 84 valence electrons. The van der Waals surface area contributed by atoms with Gasteiger partial charge in [-0.1, -0.05) is 18.2 Å². The van der Waals surface area contributed by atoms with Crippen LogP contribution in [0, 0.1) is 6.92 Å². The van der Waals surface area contributed by atoms with E-state index in [1.165, 1.54) is 0 Å². The number of pyridine rings is 1. The number of thiophene rings is 1. The molecule has 1 N–H and O–H groups in total. The van der Waals surface area contributed by atoms with Gasteiger partial charge in [-0.05, 0) is 41.5 Å². The molecular weight excluding hydrogens is 230 g/mol. The molecule has 2 heterocycles. The molecule has 0 fully saturated rings. The van der Waals surface area contributed by atoms with Gasteiger partial charge in [0.1, 0.15) is 0 Å². The Hall–Kier alpha value is -1.87. The predicted molar refractivity (Wildman–Crippen MR) is 72.6 cm³/mol. The van der Waals surface area contributed by atoms with Crippen LogP contribution in [-0.4, -0.2) is 4.98 Å². The average Bonchev–Trinajstić information content (AvgIpc) is 2.84. The van der Waals surface area contributed by atoms with Crippen LogP contribution >= 0.6 is 11.3 Å². The minimum Gasteiger partial charge on any atom is -0.321 e. The molecule has 0 saturated heterocycles. The summed E-state index contributed by atoms with van der Waals surface area (Å²) in [7, 11) is 0. The normalized spacial score (nSPS) is 10.9. The largest absolute Gasteiger partial charge is 0.321 e. The molecule has 2 nitrogen and oxygen atoms in total. The summed E-state index contributed by atoms with van der Waals surface area (Å²) in [5, 5.41) is 3.79. The van der Waals surface area contributed by atoms with Crippen LogP contribution in [0.5, 0.6) is 0 Å². The summed E-state index contributed by atoms with van der Waals surface area (Å²) in [4.78, 5) is 16.0. The number of hydrogen-bond acceptors (Lipinski definition) is 2. The van der Waals surface area contributed by atoms with E-state index >= 15 is 0 Å². The van der Waals surface area contributed by atoms with Crippen molar-refractivity contribution in [1.29, 1.82) is 0 Å². The first-order valence-electron chi connectivity index (χ1n) is 5.42. The molecule has 2 aromatic heterocycles. The predicted octanol–water partition coefficient (Wildman–Crippen LogP) is 3.57. The fourth-order valence-electron chi connectivity index (χ4n) is 2.00. The number of rotatable bonds is 1. The number of nitrogens with one attached hydrogen (secondary N) is 1. The van der Waals surface area contributed by atoms with E-state index in [1.807, 2.05) is 42.6 Å². The van der Waals surface area contributed by atoms with Gasteiger partial charge < -0.3 is 4.98 Å². The highest BCUT2D eigenvalue weighted by Crippen LogP contribution is 2.25. The van der Waals surface area contributed by atoms with Crippen LogP contribution in [0.2, 0.25) is 0 Å². The highest BCUT2D eigenvalue weighted by atomic mass is 32.1. The van der Waals surface area contributed by atoms with Crippen LogP contribution in [0.3, 0.4) is 0 Å². The van der Waals surface area contributed by atoms with Gasteiger partial charge in [-0.25, -0.2) is 0 Å². The van der Waals surface area contributed by atoms with Crippen LogP contribution < -0.4 is 5.56 Å². The minimum atomic E-state index is -0.0189. The Morgan fingerprint density at radius 2 is 2.00 bits per heavy atom. The van der Waals surface area contributed by atoms with Gasteiger partial charge in [0, 0.05) is 5.39 Å². The first kappa shape index (κ1) is 10.3. The zero-order valence-corrected chi connectivity index (χ0v) is 10.2. The molecule has 0 saturated carbocycles. The van der Waals surface area contributed by atoms with Crippen LogP contribution in [0.1, 0.15) is 5.56 Å². The van der Waals surface area contributed by atoms with Gasteiger partial charge >= 0.3 is 0 Å². The number of hydrogen-bond donors (Lipinski definition) is 1. The second kappa shape index (κ2) is 3.86. The van der Waals surface area contributed by atoms with Crippen molar-refractivity contribution in [1.82, 2.24) is 4.98 Å². The molecule has 0 unspecified atom stereocenters. The van der Waals surface area contributed by atoms with E-state index in [-0.39, 0.29) is 5.56 Å². The highest BCUT2D eigenvalue weighted by Gasteiger charge is 2.05. The van der Waals surface area contributed by atoms with Crippen molar-refractivity contribution in [3.05, 3.63) is 57.7 Å². The molecule has 0 amide bonds. The van der Waals surface area contributed by atoms with Crippen molar-refractivity contribution in [3.63, 3.8) is 0 Å². The fourth-order valence-corrected chi connectivity index (χ4v) is 2.70. The minimum absolute atomic E-state index is 0.0189. The first-order chi connectivity index (χ1) is 8.25. The Bertz CT molecular complexity index is 726. The van der Waals surface area contributed by atoms with Crippen LogP contribution in [0.25, 0.3) is 21.3 Å². The summed E-state index contributed by atoms with van der Waals surface area (Å²) in [6.45, 7) is 2.03. The summed E-state index contributed by atoms with van der Waals surface area (Å²) >= 11 is 1.63. The van der Waals surface area contributed by atoms with E-state index in [4.69, 9.17) is 0 Å². The molecular formula is C14H11NOS. The Balaban J connectivity index is 2.38. The molecule has 0 aliphatic heterocycles. The molecule has 0 bridgehead atoms. The van der Waals surface area contributed by atoms with E-state index in [1.54, 1.807) is 11.3 Å². The molecule has 0 atom stereocenters. The van der Waals surface area contributed by atoms with Crippen LogP contribution in [0.15, 0.2) is 46.6 Å². The molecule has 0 radical (unpaired) electrons. The Morgan fingerprint density at radius 1 is 1.12 bits per heavy atom. The van der Waals surface area contributed by atoms with E-state index < -0.39 is 0 Å². The van der Waals surface area contributed by atoms with Gasteiger partial charge in [0.25, 0.3) is 5.56 Å². The molecule has 3 rings (SSSR count). The number of aryl methyl sites for hydroxylation is 1. The number of benzene rings is 1. The van der Waals surface area contributed by atoms with E-state index in [9.17, 15) is 4.79 Å². The summed E-state index contributed by atoms with van der Waals surface area (Å²) in [5.74, 6) is 0. The molecule has 17 heavy (non-hydrogen) atoms. The lowest BCUT2D eigenvalue weighted by Crippen LogP contribution is -2.07. The number of H-pyrrole nitrogens is 1. The van der Waals surface area contributed by atoms with Crippen molar-refractivity contribution < 1.29 is 0 Å². The van der Waals surface area contributed by atoms with Crippen molar-refractivity contribution in [3.8, 4) is 10.6 Å². The standard InChI is InChI=1S/C14H11NOS/c1-9-4-2-5-10-11(9)8-12(15-14(10)16)13-6-3-7-17-13/h2-8H,1H3,(H,15,16). The van der Waals surface area contributed by atoms with Crippen LogP contribution in [0.4, 0.5) is 0 Å². The quantitative estimate of drug-likeness (QED) is 0.694. The average molecular weight is 241 g/mol. The van der Waals surface area contributed by atoms with Crippen LogP contribution in [-0.2, 0) is 0 Å². The number of aromatic nitrogens is 1. The third-order valence-corrected chi connectivity index (χ3v) is 3.80. The molecule has 1 aromatic carbocycles. The first-order valence-corrected chi connectivity index (χ1v) is 6.30. The lowest BCUT2D eigenvalue weighted by Gasteiger charge is -2.04. The second-order valence-corrected chi connectivity index (χ2v) is 4.97. The maximum atomic E-state index is 12.0. The van der Waals surface area contributed by atoms with Gasteiger partial charge in [-0.2, -0.15) is 0 Å². The molecule has 0 spiro atoms. The third kappa shape index (κ3) is 1.68. The summed E-state index contributed by atoms with van der Waals surface area (Å²) < 4.78 is 0. The van der Waals surface area contributed by atoms with Gasteiger partial charge in [0.2, 0.25) is 0 Å².